The van der Waals surface area contributed by atoms with Gasteiger partial charge in [-0.05, 0) is 23.7 Å². The second-order valence-corrected chi connectivity index (χ2v) is 16.6. The number of nitrogens with one attached hydrogen (secondary N) is 4. The third-order valence-corrected chi connectivity index (χ3v) is 11.5. The zero-order valence-corrected chi connectivity index (χ0v) is 32.3. The number of hydrogen-bond acceptors (Lipinski definition) is 14. The molecule has 4 rings (SSSR count). The number of nitrogens with two attached hydrogens (primary N) is 1. The molecule has 0 aliphatic heterocycles. The lowest BCUT2D eigenvalue weighted by atomic mass is 10.0. The smallest absolute Gasteiger partial charge is 0.355 e. The number of carboxylic acids is 1. The molecule has 14 nitrogen and oxygen atoms in total. The highest BCUT2D eigenvalue weighted by Gasteiger charge is 2.29. The third-order valence-electron chi connectivity index (χ3n) is 7.78. The maximum absolute atomic E-state index is 13.5. The molecule has 0 unspecified atom stereocenters. The Bertz CT molecular complexity index is 1790. The molecule has 7 N–H and O–H groups in total. The summed E-state index contributed by atoms with van der Waals surface area (Å²) in [6, 6.07) is -1.64. The van der Waals surface area contributed by atoms with Crippen LogP contribution >= 0.6 is 45.3 Å². The van der Waals surface area contributed by atoms with Crippen LogP contribution in [0.1, 0.15) is 142 Å². The highest BCUT2D eigenvalue weighted by atomic mass is 32.1. The summed E-state index contributed by atoms with van der Waals surface area (Å²) in [6.45, 7) is 15.7. The minimum Gasteiger partial charge on any atom is -0.476 e. The number of carbonyl (C=O) groups excluding carboxylic acids is 3. The molecule has 50 heavy (non-hydrogen) atoms. The molecule has 0 spiro atoms. The minimum absolute atomic E-state index is 0.0263. The van der Waals surface area contributed by atoms with Gasteiger partial charge in [0.1, 0.15) is 37.1 Å². The molecule has 4 heterocycles. The van der Waals surface area contributed by atoms with Crippen LogP contribution in [0, 0.1) is 23.7 Å². The van der Waals surface area contributed by atoms with Crippen LogP contribution < -0.4 is 27.2 Å². The van der Waals surface area contributed by atoms with Crippen molar-refractivity contribution in [1.29, 1.82) is 0 Å². The number of thiazole rings is 4. The van der Waals surface area contributed by atoms with Crippen molar-refractivity contribution in [3.63, 3.8) is 0 Å². The molecule has 3 amide bonds. The van der Waals surface area contributed by atoms with E-state index in [1.54, 1.807) is 16.1 Å². The van der Waals surface area contributed by atoms with Crippen molar-refractivity contribution < 1.29 is 24.3 Å². The van der Waals surface area contributed by atoms with Crippen LogP contribution in [-0.2, 0) is 0 Å². The first-order chi connectivity index (χ1) is 23.6. The molecule has 4 atom stereocenters. The van der Waals surface area contributed by atoms with Crippen LogP contribution in [0.15, 0.2) is 21.5 Å². The van der Waals surface area contributed by atoms with Gasteiger partial charge in [-0.25, -0.2) is 24.7 Å². The fourth-order valence-corrected chi connectivity index (χ4v) is 8.95. The topological polar surface area (TPSA) is 214 Å². The molecule has 0 aliphatic rings. The Morgan fingerprint density at radius 1 is 0.520 bits per heavy atom. The molecule has 0 bridgehead atoms. The minimum atomic E-state index is -1.13. The predicted octanol–water partition coefficient (Wildman–Crippen LogP) is 5.75. The second kappa shape index (κ2) is 17.0. The summed E-state index contributed by atoms with van der Waals surface area (Å²) in [6.07, 6.45) is 0. The van der Waals surface area contributed by atoms with Gasteiger partial charge in [-0.15, -0.1) is 45.3 Å². The van der Waals surface area contributed by atoms with Crippen LogP contribution in [-0.4, -0.2) is 48.7 Å². The van der Waals surface area contributed by atoms with E-state index in [0.717, 1.165) is 5.01 Å². The first-order valence-electron chi connectivity index (χ1n) is 16.0. The van der Waals surface area contributed by atoms with Gasteiger partial charge in [0.05, 0.1) is 24.2 Å². The van der Waals surface area contributed by atoms with Crippen molar-refractivity contribution in [2.45, 2.75) is 79.6 Å². The van der Waals surface area contributed by atoms with Crippen molar-refractivity contribution in [3.05, 3.63) is 64.3 Å². The zero-order chi connectivity index (χ0) is 36.9. The number of hydrogen-bond donors (Lipinski definition) is 6. The van der Waals surface area contributed by atoms with Gasteiger partial charge in [0.2, 0.25) is 0 Å². The molecule has 0 radical (unpaired) electrons. The predicted molar refractivity (Wildman–Crippen MR) is 195 cm³/mol. The Kier molecular flexibility index (Phi) is 13.3. The van der Waals surface area contributed by atoms with Gasteiger partial charge in [0.25, 0.3) is 17.7 Å². The molecule has 18 heteroatoms. The van der Waals surface area contributed by atoms with Crippen LogP contribution in [0.4, 0.5) is 0 Å². The Balaban J connectivity index is 1.44. The summed E-state index contributed by atoms with van der Waals surface area (Å²) >= 11 is 5.08. The van der Waals surface area contributed by atoms with Crippen LogP contribution in [0.2, 0.25) is 0 Å². The third kappa shape index (κ3) is 9.35. The van der Waals surface area contributed by atoms with E-state index in [9.17, 15) is 24.3 Å². The maximum Gasteiger partial charge on any atom is 0.355 e. The van der Waals surface area contributed by atoms with Gasteiger partial charge >= 0.3 is 5.97 Å². The molecule has 0 fully saturated rings. The van der Waals surface area contributed by atoms with Crippen molar-refractivity contribution in [1.82, 2.24) is 41.3 Å². The van der Waals surface area contributed by atoms with Gasteiger partial charge in [0, 0.05) is 21.5 Å². The average Bonchev–Trinajstić information content (AvgIpc) is 3.87. The number of carbonyl (C=O) groups is 4. The molecular weight excluding hydrogens is 719 g/mol. The number of hydrazine groups is 1. The van der Waals surface area contributed by atoms with E-state index in [-0.39, 0.29) is 58.4 Å². The van der Waals surface area contributed by atoms with Gasteiger partial charge < -0.3 is 21.1 Å². The fourth-order valence-electron chi connectivity index (χ4n) is 4.87. The van der Waals surface area contributed by atoms with Crippen molar-refractivity contribution >= 4 is 69.0 Å². The summed E-state index contributed by atoms with van der Waals surface area (Å²) < 4.78 is 0. The van der Waals surface area contributed by atoms with E-state index in [1.807, 2.05) is 55.4 Å². The summed E-state index contributed by atoms with van der Waals surface area (Å²) in [5.41, 5.74) is 3.37. The van der Waals surface area contributed by atoms with Crippen LogP contribution in [0.25, 0.3) is 0 Å². The molecule has 0 aromatic carbocycles. The molecule has 4 aromatic heterocycles. The number of aromatic nitrogens is 4. The molecule has 0 saturated carbocycles. The largest absolute Gasteiger partial charge is 0.476 e. The van der Waals surface area contributed by atoms with Crippen molar-refractivity contribution in [2.24, 2.45) is 29.5 Å². The number of amides is 3. The second-order valence-electron chi connectivity index (χ2n) is 13.1. The lowest BCUT2D eigenvalue weighted by molar-refractivity contribution is 0.0690. The number of aromatic carboxylic acids is 1. The van der Waals surface area contributed by atoms with E-state index in [2.05, 4.69) is 41.3 Å². The Labute approximate surface area is 306 Å². The van der Waals surface area contributed by atoms with Crippen LogP contribution in [0.3, 0.4) is 0 Å². The highest BCUT2D eigenvalue weighted by molar-refractivity contribution is 7.10. The molecular formula is C32H43N9O5S4. The highest BCUT2D eigenvalue weighted by Crippen LogP contribution is 2.30. The van der Waals surface area contributed by atoms with Gasteiger partial charge in [-0.3, -0.25) is 25.7 Å². The molecule has 0 saturated heterocycles. The lowest BCUT2D eigenvalue weighted by Crippen LogP contribution is -2.34. The van der Waals surface area contributed by atoms with E-state index in [0.29, 0.717) is 15.0 Å². The number of carboxylic acid groups (broad SMARTS) is 1. The Morgan fingerprint density at radius 3 is 1.02 bits per heavy atom. The molecule has 270 valence electrons. The standard InChI is InChI=1S/C32H43N9O5S4/c1-13(2)21(28-35-18(10-48-28)26(43)40-23(15(5)6)30-37-20(12-50-30)32(45)46)38-25(42)17-9-47-29(34-17)22(14(3)4)39-27(44)19-11-49-31(36-19)24(41-33)16(7)8/h9-16,21-24,41H,33H2,1-8H3,(H,38,42)(H,39,44)(H,40,43)(H,45,46)/t21-,22+,23+,24-/m1/s1. The van der Waals surface area contributed by atoms with E-state index in [4.69, 9.17) is 5.84 Å². The van der Waals surface area contributed by atoms with E-state index in [1.165, 1.54) is 50.7 Å². The van der Waals surface area contributed by atoms with E-state index < -0.39 is 35.9 Å². The molecule has 0 aliphatic carbocycles. The Morgan fingerprint density at radius 2 is 0.780 bits per heavy atom. The maximum atomic E-state index is 13.5. The van der Waals surface area contributed by atoms with Gasteiger partial charge in [-0.1, -0.05) is 55.4 Å². The number of rotatable bonds is 16. The first kappa shape index (κ1) is 39.1. The van der Waals surface area contributed by atoms with Crippen LogP contribution in [0.5, 0.6) is 0 Å². The molecule has 4 aromatic rings. The normalized spacial score (nSPS) is 14.2. The lowest BCUT2D eigenvalue weighted by Gasteiger charge is -2.21. The van der Waals surface area contributed by atoms with E-state index >= 15 is 0 Å². The van der Waals surface area contributed by atoms with Crippen molar-refractivity contribution in [3.8, 4) is 0 Å². The monoisotopic (exact) mass is 761 g/mol. The fraction of sp³-hybridized carbons (Fsp3) is 0.500. The van der Waals surface area contributed by atoms with Crippen molar-refractivity contribution in [2.75, 3.05) is 0 Å². The SMILES string of the molecule is CC(C)[C@H](NC(=O)c1csc([C@H](NC(=O)c2csc([C@@H](NC(=O)c3csc([C@H](NN)C(C)C)n3)C(C)C)n2)C(C)C)n1)c1nc(C(=O)O)cs1. The quantitative estimate of drug-likeness (QED) is 0.0597. The number of nitrogens with zero attached hydrogens (tertiary/aromatic N) is 4. The summed E-state index contributed by atoms with van der Waals surface area (Å²) in [5.74, 6) is 3.43. The summed E-state index contributed by atoms with van der Waals surface area (Å²) in [7, 11) is 0. The van der Waals surface area contributed by atoms with Gasteiger partial charge in [0.15, 0.2) is 5.69 Å². The Hall–Kier alpha value is -3.68. The summed E-state index contributed by atoms with van der Waals surface area (Å²) in [5, 5.41) is 27.0. The average molecular weight is 762 g/mol. The zero-order valence-electron chi connectivity index (χ0n) is 29.0. The first-order valence-corrected chi connectivity index (χ1v) is 19.6. The summed E-state index contributed by atoms with van der Waals surface area (Å²) in [4.78, 5) is 69.1. The van der Waals surface area contributed by atoms with Gasteiger partial charge in [-0.2, -0.15) is 0 Å².